The molecule has 2 heterocycles. The summed E-state index contributed by atoms with van der Waals surface area (Å²) in [6, 6.07) is 16.2. The number of alkyl carbamates (subject to hydrolysis) is 1. The number of aliphatic carboxylic acids is 1. The lowest BCUT2D eigenvalue weighted by atomic mass is 9.81. The third kappa shape index (κ3) is 3.86. The SMILES string of the molecule is C[C@H]1CN(C(=O)C2(NC(=O)OCC3c4ccccc4-c4ccccc43)CCOC2)C[C@]1(C)C(=O)O. The zero-order chi connectivity index (χ0) is 24.8. The first-order valence-corrected chi connectivity index (χ1v) is 12.0. The number of hydrogen-bond donors (Lipinski definition) is 2. The number of fused-ring (bicyclic) bond motifs is 3. The summed E-state index contributed by atoms with van der Waals surface area (Å²) in [4.78, 5) is 39.8. The quantitative estimate of drug-likeness (QED) is 0.684. The van der Waals surface area contributed by atoms with Crippen molar-refractivity contribution in [2.75, 3.05) is 32.9 Å². The van der Waals surface area contributed by atoms with Crippen molar-refractivity contribution in [1.29, 1.82) is 0 Å². The number of nitrogens with zero attached hydrogens (tertiary/aromatic N) is 1. The van der Waals surface area contributed by atoms with Crippen LogP contribution in [0.4, 0.5) is 4.79 Å². The molecular weight excluding hydrogens is 448 g/mol. The molecule has 2 amide bonds. The molecule has 0 spiro atoms. The second-order valence-electron chi connectivity index (χ2n) is 10.1. The van der Waals surface area contributed by atoms with Crippen molar-refractivity contribution in [1.82, 2.24) is 10.2 Å². The molecule has 1 aliphatic carbocycles. The molecule has 2 N–H and O–H groups in total. The second-order valence-corrected chi connectivity index (χ2v) is 10.1. The molecule has 8 nitrogen and oxygen atoms in total. The van der Waals surface area contributed by atoms with Gasteiger partial charge in [-0.1, -0.05) is 55.5 Å². The van der Waals surface area contributed by atoms with Crippen LogP contribution in [0.25, 0.3) is 11.1 Å². The van der Waals surface area contributed by atoms with Crippen LogP contribution in [-0.2, 0) is 19.1 Å². The molecule has 3 atom stereocenters. The fourth-order valence-corrected chi connectivity index (χ4v) is 5.60. The van der Waals surface area contributed by atoms with Gasteiger partial charge in [-0.2, -0.15) is 0 Å². The number of carbonyl (C=O) groups is 3. The highest BCUT2D eigenvalue weighted by Crippen LogP contribution is 2.44. The predicted octanol–water partition coefficient (Wildman–Crippen LogP) is 3.25. The van der Waals surface area contributed by atoms with Crippen LogP contribution < -0.4 is 5.32 Å². The Morgan fingerprint density at radius 2 is 1.74 bits per heavy atom. The summed E-state index contributed by atoms with van der Waals surface area (Å²) in [5, 5.41) is 12.5. The summed E-state index contributed by atoms with van der Waals surface area (Å²) < 4.78 is 11.2. The van der Waals surface area contributed by atoms with E-state index >= 15 is 0 Å². The third-order valence-electron chi connectivity index (χ3n) is 7.99. The molecule has 35 heavy (non-hydrogen) atoms. The summed E-state index contributed by atoms with van der Waals surface area (Å²) in [6.07, 6.45) is -0.371. The first-order valence-electron chi connectivity index (χ1n) is 12.0. The number of likely N-dealkylation sites (tertiary alicyclic amines) is 1. The highest BCUT2D eigenvalue weighted by molar-refractivity contribution is 5.91. The van der Waals surface area contributed by atoms with Gasteiger partial charge in [0.05, 0.1) is 12.0 Å². The van der Waals surface area contributed by atoms with Gasteiger partial charge in [-0.25, -0.2) is 4.79 Å². The minimum Gasteiger partial charge on any atom is -0.481 e. The molecule has 8 heteroatoms. The normalized spacial score (nSPS) is 27.4. The Balaban J connectivity index is 1.29. The molecule has 0 bridgehead atoms. The van der Waals surface area contributed by atoms with Gasteiger partial charge in [0.15, 0.2) is 0 Å². The van der Waals surface area contributed by atoms with E-state index in [1.165, 1.54) is 4.90 Å². The maximum absolute atomic E-state index is 13.5. The summed E-state index contributed by atoms with van der Waals surface area (Å²) in [5.41, 5.74) is 2.20. The van der Waals surface area contributed by atoms with Gasteiger partial charge in [-0.15, -0.1) is 0 Å². The van der Waals surface area contributed by atoms with Gasteiger partial charge in [-0.3, -0.25) is 9.59 Å². The predicted molar refractivity (Wildman–Crippen MR) is 128 cm³/mol. The number of hydrogen-bond acceptors (Lipinski definition) is 5. The fourth-order valence-electron chi connectivity index (χ4n) is 5.60. The minimum absolute atomic E-state index is 0.0324. The maximum Gasteiger partial charge on any atom is 0.408 e. The summed E-state index contributed by atoms with van der Waals surface area (Å²) in [5.74, 6) is -1.55. The first-order chi connectivity index (χ1) is 16.7. The molecule has 1 unspecified atom stereocenters. The highest BCUT2D eigenvalue weighted by Gasteiger charge is 2.53. The van der Waals surface area contributed by atoms with Crippen LogP contribution in [0.5, 0.6) is 0 Å². The number of carbonyl (C=O) groups excluding carboxylic acids is 2. The van der Waals surface area contributed by atoms with E-state index < -0.39 is 23.0 Å². The standard InChI is InChI=1S/C27H30N2O6/c1-17-13-29(15-26(17,2)24(31)32)23(30)27(11-12-34-16-27)28-25(33)35-14-22-20-9-5-3-7-18(20)19-8-4-6-10-21(19)22/h3-10,17,22H,11-16H2,1-2H3,(H,28,33)(H,31,32)/t17-,26-,27?/m0/s1. The maximum atomic E-state index is 13.5. The number of rotatable bonds is 5. The lowest BCUT2D eigenvalue weighted by Gasteiger charge is -2.32. The van der Waals surface area contributed by atoms with Crippen molar-refractivity contribution >= 4 is 18.0 Å². The number of benzene rings is 2. The van der Waals surface area contributed by atoms with Crippen molar-refractivity contribution in [3.05, 3.63) is 59.7 Å². The average Bonchev–Trinajstić information content (AvgIpc) is 3.53. The zero-order valence-corrected chi connectivity index (χ0v) is 20.0. The van der Waals surface area contributed by atoms with Gasteiger partial charge in [0.1, 0.15) is 12.1 Å². The number of nitrogens with one attached hydrogen (secondary N) is 1. The van der Waals surface area contributed by atoms with E-state index in [9.17, 15) is 19.5 Å². The van der Waals surface area contributed by atoms with Crippen LogP contribution >= 0.6 is 0 Å². The van der Waals surface area contributed by atoms with E-state index in [4.69, 9.17) is 9.47 Å². The highest BCUT2D eigenvalue weighted by atomic mass is 16.6. The van der Waals surface area contributed by atoms with Gasteiger partial charge < -0.3 is 24.8 Å². The molecule has 5 rings (SSSR count). The van der Waals surface area contributed by atoms with Crippen LogP contribution in [-0.4, -0.2) is 66.4 Å². The van der Waals surface area contributed by atoms with Gasteiger partial charge in [0, 0.05) is 32.0 Å². The summed E-state index contributed by atoms with van der Waals surface area (Å²) in [6.45, 7) is 4.40. The van der Waals surface area contributed by atoms with E-state index in [0.717, 1.165) is 22.3 Å². The van der Waals surface area contributed by atoms with Crippen molar-refractivity contribution in [2.45, 2.75) is 31.7 Å². The monoisotopic (exact) mass is 478 g/mol. The van der Waals surface area contributed by atoms with Gasteiger partial charge in [0.25, 0.3) is 5.91 Å². The second kappa shape index (κ2) is 8.68. The average molecular weight is 479 g/mol. The van der Waals surface area contributed by atoms with E-state index in [-0.39, 0.29) is 37.5 Å². The molecule has 2 aliphatic heterocycles. The molecule has 0 saturated carbocycles. The van der Waals surface area contributed by atoms with Crippen LogP contribution in [0, 0.1) is 11.3 Å². The molecule has 0 radical (unpaired) electrons. The molecular formula is C27H30N2O6. The van der Waals surface area contributed by atoms with E-state index in [0.29, 0.717) is 19.6 Å². The van der Waals surface area contributed by atoms with E-state index in [2.05, 4.69) is 17.4 Å². The van der Waals surface area contributed by atoms with Gasteiger partial charge >= 0.3 is 12.1 Å². The van der Waals surface area contributed by atoms with Crippen molar-refractivity contribution in [3.63, 3.8) is 0 Å². The first kappa shape index (κ1) is 23.4. The molecule has 0 aromatic heterocycles. The summed E-state index contributed by atoms with van der Waals surface area (Å²) in [7, 11) is 0. The Kier molecular flexibility index (Phi) is 5.79. The van der Waals surface area contributed by atoms with E-state index in [1.807, 2.05) is 43.3 Å². The van der Waals surface area contributed by atoms with Crippen LogP contribution in [0.2, 0.25) is 0 Å². The Morgan fingerprint density at radius 1 is 1.11 bits per heavy atom. The Bertz CT molecular complexity index is 1130. The number of carboxylic acid groups (broad SMARTS) is 1. The Hall–Kier alpha value is -3.39. The van der Waals surface area contributed by atoms with Gasteiger partial charge in [-0.05, 0) is 35.1 Å². The molecule has 2 saturated heterocycles. The number of carboxylic acids is 1. The molecule has 3 aliphatic rings. The fraction of sp³-hybridized carbons (Fsp3) is 0.444. The molecule has 2 aromatic rings. The zero-order valence-electron chi connectivity index (χ0n) is 20.0. The minimum atomic E-state index is -1.26. The smallest absolute Gasteiger partial charge is 0.408 e. The van der Waals surface area contributed by atoms with Crippen LogP contribution in [0.3, 0.4) is 0 Å². The summed E-state index contributed by atoms with van der Waals surface area (Å²) >= 11 is 0. The van der Waals surface area contributed by atoms with Crippen LogP contribution in [0.15, 0.2) is 48.5 Å². The lowest BCUT2D eigenvalue weighted by Crippen LogP contribution is -2.60. The van der Waals surface area contributed by atoms with Crippen molar-refractivity contribution < 1.29 is 29.0 Å². The van der Waals surface area contributed by atoms with E-state index in [1.54, 1.807) is 6.92 Å². The molecule has 184 valence electrons. The largest absolute Gasteiger partial charge is 0.481 e. The van der Waals surface area contributed by atoms with Crippen LogP contribution in [0.1, 0.15) is 37.3 Å². The van der Waals surface area contributed by atoms with Crippen molar-refractivity contribution in [2.24, 2.45) is 11.3 Å². The Morgan fingerprint density at radius 3 is 2.29 bits per heavy atom. The van der Waals surface area contributed by atoms with Gasteiger partial charge in [0.2, 0.25) is 0 Å². The Labute approximate surface area is 204 Å². The molecule has 2 fully saturated rings. The molecule has 2 aromatic carbocycles. The lowest BCUT2D eigenvalue weighted by molar-refractivity contribution is -0.149. The van der Waals surface area contributed by atoms with Crippen molar-refractivity contribution in [3.8, 4) is 11.1 Å². The topological polar surface area (TPSA) is 105 Å². The third-order valence-corrected chi connectivity index (χ3v) is 7.99. The number of amides is 2. The number of ether oxygens (including phenoxy) is 2.